The van der Waals surface area contributed by atoms with Crippen molar-refractivity contribution in [3.8, 4) is 0 Å². The van der Waals surface area contributed by atoms with E-state index < -0.39 is 0 Å². The Morgan fingerprint density at radius 1 is 1.33 bits per heavy atom. The normalized spacial score (nSPS) is 32.8. The Labute approximate surface area is 75.3 Å². The van der Waals surface area contributed by atoms with E-state index >= 15 is 0 Å². The van der Waals surface area contributed by atoms with Crippen molar-refractivity contribution in [2.75, 3.05) is 20.1 Å². The third-order valence-electron chi connectivity index (χ3n) is 3.55. The van der Waals surface area contributed by atoms with Gasteiger partial charge >= 0.3 is 0 Å². The van der Waals surface area contributed by atoms with Crippen LogP contribution >= 0.6 is 0 Å². The van der Waals surface area contributed by atoms with Crippen LogP contribution in [0, 0.1) is 5.92 Å². The highest BCUT2D eigenvalue weighted by atomic mass is 15.2. The molecule has 1 N–H and O–H groups in total. The molecule has 2 aliphatic rings. The third-order valence-corrected chi connectivity index (χ3v) is 3.55. The second-order valence-corrected chi connectivity index (χ2v) is 4.39. The van der Waals surface area contributed by atoms with Crippen molar-refractivity contribution in [2.45, 2.75) is 38.3 Å². The maximum Gasteiger partial charge on any atom is 0.0108 e. The Morgan fingerprint density at radius 2 is 2.08 bits per heavy atom. The Kier molecular flexibility index (Phi) is 2.37. The highest BCUT2D eigenvalue weighted by Crippen LogP contribution is 2.30. The molecule has 1 aliphatic carbocycles. The summed E-state index contributed by atoms with van der Waals surface area (Å²) in [7, 11) is 2.29. The van der Waals surface area contributed by atoms with Crippen LogP contribution in [0.5, 0.6) is 0 Å². The topological polar surface area (TPSA) is 15.3 Å². The molecule has 0 aromatic carbocycles. The lowest BCUT2D eigenvalue weighted by Gasteiger charge is -2.29. The van der Waals surface area contributed by atoms with E-state index in [2.05, 4.69) is 24.2 Å². The van der Waals surface area contributed by atoms with Gasteiger partial charge in [0.25, 0.3) is 0 Å². The van der Waals surface area contributed by atoms with Crippen molar-refractivity contribution in [1.82, 2.24) is 10.2 Å². The molecular weight excluding hydrogens is 148 g/mol. The van der Waals surface area contributed by atoms with Crippen molar-refractivity contribution in [2.24, 2.45) is 5.92 Å². The lowest BCUT2D eigenvalue weighted by molar-refractivity contribution is 0.190. The Morgan fingerprint density at radius 3 is 2.58 bits per heavy atom. The van der Waals surface area contributed by atoms with Gasteiger partial charge in [-0.05, 0) is 52.2 Å². The first-order chi connectivity index (χ1) is 5.79. The van der Waals surface area contributed by atoms with Crippen LogP contribution in [0.4, 0.5) is 0 Å². The monoisotopic (exact) mass is 168 g/mol. The molecule has 0 bridgehead atoms. The predicted molar refractivity (Wildman–Crippen MR) is 51.2 cm³/mol. The number of rotatable bonds is 3. The molecule has 0 spiro atoms. The quantitative estimate of drug-likeness (QED) is 0.678. The molecular formula is C10H20N2. The largest absolute Gasteiger partial charge is 0.316 e. The zero-order valence-electron chi connectivity index (χ0n) is 8.21. The van der Waals surface area contributed by atoms with Gasteiger partial charge in [-0.1, -0.05) is 0 Å². The highest BCUT2D eigenvalue weighted by Gasteiger charge is 2.33. The Hall–Kier alpha value is -0.0800. The summed E-state index contributed by atoms with van der Waals surface area (Å²) in [6.07, 6.45) is 4.24. The van der Waals surface area contributed by atoms with E-state index in [1.54, 1.807) is 0 Å². The van der Waals surface area contributed by atoms with Crippen molar-refractivity contribution >= 4 is 0 Å². The van der Waals surface area contributed by atoms with E-state index in [1.807, 2.05) is 0 Å². The summed E-state index contributed by atoms with van der Waals surface area (Å²) < 4.78 is 0. The first-order valence-corrected chi connectivity index (χ1v) is 5.21. The molecule has 2 nitrogen and oxygen atoms in total. The molecule has 2 unspecified atom stereocenters. The van der Waals surface area contributed by atoms with Crippen LogP contribution in [0.3, 0.4) is 0 Å². The Balaban J connectivity index is 1.84. The molecule has 12 heavy (non-hydrogen) atoms. The average molecular weight is 168 g/mol. The summed E-state index contributed by atoms with van der Waals surface area (Å²) in [4.78, 5) is 2.58. The molecule has 0 aromatic rings. The molecule has 2 fully saturated rings. The molecule has 2 heteroatoms. The molecule has 0 amide bonds. The fourth-order valence-corrected chi connectivity index (χ4v) is 2.24. The van der Waals surface area contributed by atoms with Gasteiger partial charge in [0.1, 0.15) is 0 Å². The van der Waals surface area contributed by atoms with Gasteiger partial charge in [0, 0.05) is 12.1 Å². The summed E-state index contributed by atoms with van der Waals surface area (Å²) in [5.74, 6) is 0.899. The van der Waals surface area contributed by atoms with Crippen LogP contribution in [0.2, 0.25) is 0 Å². The molecule has 0 radical (unpaired) electrons. The van der Waals surface area contributed by atoms with Gasteiger partial charge in [0.05, 0.1) is 0 Å². The van der Waals surface area contributed by atoms with Gasteiger partial charge in [-0.3, -0.25) is 0 Å². The standard InChI is InChI=1S/C10H20N2/c1-8(9-5-6-11-7-9)12(2)10-3-4-10/h8-11H,3-7H2,1-2H3. The van der Waals surface area contributed by atoms with Crippen molar-refractivity contribution < 1.29 is 0 Å². The number of hydrogen-bond acceptors (Lipinski definition) is 2. The van der Waals surface area contributed by atoms with Gasteiger partial charge in [0.15, 0.2) is 0 Å². The zero-order chi connectivity index (χ0) is 8.55. The van der Waals surface area contributed by atoms with Crippen LogP contribution in [-0.4, -0.2) is 37.1 Å². The molecule has 1 heterocycles. The summed E-state index contributed by atoms with van der Waals surface area (Å²) in [5, 5.41) is 3.44. The van der Waals surface area contributed by atoms with Crippen molar-refractivity contribution in [1.29, 1.82) is 0 Å². The van der Waals surface area contributed by atoms with E-state index in [0.29, 0.717) is 0 Å². The zero-order valence-corrected chi connectivity index (χ0v) is 8.21. The number of nitrogens with one attached hydrogen (secondary N) is 1. The van der Waals surface area contributed by atoms with Gasteiger partial charge in [-0.15, -0.1) is 0 Å². The molecule has 70 valence electrons. The van der Waals surface area contributed by atoms with Gasteiger partial charge in [0.2, 0.25) is 0 Å². The first kappa shape index (κ1) is 8.52. The van der Waals surface area contributed by atoms with Crippen molar-refractivity contribution in [3.05, 3.63) is 0 Å². The summed E-state index contributed by atoms with van der Waals surface area (Å²) >= 11 is 0. The van der Waals surface area contributed by atoms with Crippen LogP contribution in [0.15, 0.2) is 0 Å². The molecule has 1 saturated heterocycles. The maximum atomic E-state index is 3.44. The van der Waals surface area contributed by atoms with Crippen molar-refractivity contribution in [3.63, 3.8) is 0 Å². The minimum absolute atomic E-state index is 0.785. The van der Waals surface area contributed by atoms with Crippen LogP contribution in [0.1, 0.15) is 26.2 Å². The average Bonchev–Trinajstić information content (AvgIpc) is 2.79. The van der Waals surface area contributed by atoms with E-state index in [9.17, 15) is 0 Å². The molecule has 1 saturated carbocycles. The fraction of sp³-hybridized carbons (Fsp3) is 1.00. The van der Waals surface area contributed by atoms with Gasteiger partial charge in [-0.2, -0.15) is 0 Å². The number of hydrogen-bond donors (Lipinski definition) is 1. The molecule has 2 rings (SSSR count). The Bertz CT molecular complexity index is 146. The van der Waals surface area contributed by atoms with E-state index in [1.165, 1.54) is 32.4 Å². The molecule has 1 aliphatic heterocycles. The second kappa shape index (κ2) is 3.35. The lowest BCUT2D eigenvalue weighted by Crippen LogP contribution is -2.37. The fourth-order valence-electron chi connectivity index (χ4n) is 2.24. The first-order valence-electron chi connectivity index (χ1n) is 5.21. The predicted octanol–water partition coefficient (Wildman–Crippen LogP) is 1.08. The highest BCUT2D eigenvalue weighted by molar-refractivity contribution is 4.89. The van der Waals surface area contributed by atoms with E-state index in [4.69, 9.17) is 0 Å². The third kappa shape index (κ3) is 1.64. The molecule has 2 atom stereocenters. The SMILES string of the molecule is CC(C1CCNC1)N(C)C1CC1. The molecule has 0 aromatic heterocycles. The summed E-state index contributed by atoms with van der Waals surface area (Å²) in [6.45, 7) is 4.85. The summed E-state index contributed by atoms with van der Waals surface area (Å²) in [5.41, 5.74) is 0. The minimum atomic E-state index is 0.785. The van der Waals surface area contributed by atoms with E-state index in [0.717, 1.165) is 18.0 Å². The van der Waals surface area contributed by atoms with E-state index in [-0.39, 0.29) is 0 Å². The lowest BCUT2D eigenvalue weighted by atomic mass is 9.99. The smallest absolute Gasteiger partial charge is 0.0108 e. The van der Waals surface area contributed by atoms with Gasteiger partial charge in [-0.25, -0.2) is 0 Å². The number of nitrogens with zero attached hydrogens (tertiary/aromatic N) is 1. The maximum absolute atomic E-state index is 3.44. The van der Waals surface area contributed by atoms with Gasteiger partial charge < -0.3 is 10.2 Å². The summed E-state index contributed by atoms with van der Waals surface area (Å²) in [6, 6.07) is 1.70. The van der Waals surface area contributed by atoms with Crippen LogP contribution in [-0.2, 0) is 0 Å². The van der Waals surface area contributed by atoms with Crippen LogP contribution in [0.25, 0.3) is 0 Å². The minimum Gasteiger partial charge on any atom is -0.316 e. The van der Waals surface area contributed by atoms with Crippen LogP contribution < -0.4 is 5.32 Å². The second-order valence-electron chi connectivity index (χ2n) is 4.39.